The Balaban J connectivity index is 0.000000244. The third-order valence-electron chi connectivity index (χ3n) is 2.68. The smallest absolute Gasteiger partial charge is 0.293 e. The summed E-state index contributed by atoms with van der Waals surface area (Å²) in [6, 6.07) is 19.2. The standard InChI is InChI=1S/C10H6ClNO2.C6H6.C3H8/c11-10(14)9(13)7-5-12-8-4-2-1-3-6(7)8;1-2-4-6-5-3-1;1-3-2/h1-5,12H;1-6H;3H2,1-2H3. The van der Waals surface area contributed by atoms with E-state index in [0.717, 1.165) is 5.52 Å². The number of halogens is 1. The molecule has 3 rings (SSSR count). The number of H-pyrrole nitrogens is 1. The predicted molar refractivity (Wildman–Crippen MR) is 95.9 cm³/mol. The average Bonchev–Trinajstić information content (AvgIpc) is 3.01. The van der Waals surface area contributed by atoms with Crippen LogP contribution in [0.15, 0.2) is 66.9 Å². The molecule has 0 saturated carbocycles. The van der Waals surface area contributed by atoms with Gasteiger partial charge in [-0.3, -0.25) is 9.59 Å². The zero-order chi connectivity index (χ0) is 17.1. The molecular formula is C19H20ClNO2. The fourth-order valence-electron chi connectivity index (χ4n) is 1.75. The highest BCUT2D eigenvalue weighted by atomic mass is 35.5. The predicted octanol–water partition coefficient (Wildman–Crippen LogP) is 5.22. The van der Waals surface area contributed by atoms with Crippen molar-refractivity contribution < 1.29 is 9.59 Å². The van der Waals surface area contributed by atoms with E-state index in [2.05, 4.69) is 18.8 Å². The second-order valence-electron chi connectivity index (χ2n) is 4.71. The molecule has 120 valence electrons. The summed E-state index contributed by atoms with van der Waals surface area (Å²) in [6.45, 7) is 4.25. The number of rotatable bonds is 2. The molecule has 0 radical (unpaired) electrons. The molecule has 0 aliphatic heterocycles. The normalized spacial score (nSPS) is 9.17. The largest absolute Gasteiger partial charge is 0.360 e. The second kappa shape index (κ2) is 10.4. The van der Waals surface area contributed by atoms with Gasteiger partial charge < -0.3 is 4.98 Å². The highest BCUT2D eigenvalue weighted by molar-refractivity contribution is 6.83. The molecule has 0 atom stereocenters. The number of Topliss-reactive ketones (excluding diaryl/α,β-unsaturated/α-hetero) is 1. The highest BCUT2D eigenvalue weighted by Crippen LogP contribution is 2.18. The van der Waals surface area contributed by atoms with Crippen LogP contribution in [-0.2, 0) is 4.79 Å². The Bertz CT molecular complexity index is 709. The van der Waals surface area contributed by atoms with Crippen LogP contribution >= 0.6 is 11.6 Å². The van der Waals surface area contributed by atoms with Crippen molar-refractivity contribution in [1.29, 1.82) is 0 Å². The maximum Gasteiger partial charge on any atom is 0.293 e. The van der Waals surface area contributed by atoms with E-state index in [4.69, 9.17) is 11.6 Å². The maximum absolute atomic E-state index is 11.3. The van der Waals surface area contributed by atoms with Crippen molar-refractivity contribution in [3.8, 4) is 0 Å². The Morgan fingerprint density at radius 2 is 1.39 bits per heavy atom. The Labute approximate surface area is 141 Å². The topological polar surface area (TPSA) is 49.9 Å². The first-order chi connectivity index (χ1) is 11.1. The maximum atomic E-state index is 11.3. The molecule has 0 amide bonds. The molecular weight excluding hydrogens is 310 g/mol. The fourth-order valence-corrected chi connectivity index (χ4v) is 1.85. The van der Waals surface area contributed by atoms with Gasteiger partial charge in [0.1, 0.15) is 0 Å². The van der Waals surface area contributed by atoms with Gasteiger partial charge in [0.15, 0.2) is 0 Å². The van der Waals surface area contributed by atoms with E-state index in [9.17, 15) is 9.59 Å². The molecule has 3 aromatic rings. The van der Waals surface area contributed by atoms with Gasteiger partial charge >= 0.3 is 0 Å². The van der Waals surface area contributed by atoms with Gasteiger partial charge in [-0.25, -0.2) is 0 Å². The Kier molecular flexibility index (Phi) is 8.40. The number of aromatic amines is 1. The minimum atomic E-state index is -0.963. The molecule has 0 saturated heterocycles. The summed E-state index contributed by atoms with van der Waals surface area (Å²) in [7, 11) is 0. The number of para-hydroxylation sites is 1. The second-order valence-corrected chi connectivity index (χ2v) is 5.06. The van der Waals surface area contributed by atoms with Gasteiger partial charge in [0.25, 0.3) is 5.24 Å². The molecule has 3 nitrogen and oxygen atoms in total. The number of benzene rings is 2. The first-order valence-electron chi connectivity index (χ1n) is 7.42. The summed E-state index contributed by atoms with van der Waals surface area (Å²) in [6.07, 6.45) is 2.74. The van der Waals surface area contributed by atoms with E-state index in [1.54, 1.807) is 12.1 Å². The van der Waals surface area contributed by atoms with E-state index in [-0.39, 0.29) is 0 Å². The lowest BCUT2D eigenvalue weighted by molar-refractivity contribution is -0.108. The minimum Gasteiger partial charge on any atom is -0.360 e. The molecule has 4 heteroatoms. The van der Waals surface area contributed by atoms with Gasteiger partial charge in [-0.2, -0.15) is 0 Å². The van der Waals surface area contributed by atoms with Gasteiger partial charge in [0.2, 0.25) is 5.78 Å². The van der Waals surface area contributed by atoms with Crippen molar-refractivity contribution in [2.45, 2.75) is 20.3 Å². The van der Waals surface area contributed by atoms with E-state index >= 15 is 0 Å². The molecule has 0 aliphatic carbocycles. The number of nitrogens with one attached hydrogen (secondary N) is 1. The van der Waals surface area contributed by atoms with Crippen molar-refractivity contribution in [1.82, 2.24) is 4.98 Å². The van der Waals surface area contributed by atoms with Crippen molar-refractivity contribution in [2.75, 3.05) is 0 Å². The Morgan fingerprint density at radius 3 is 1.87 bits per heavy atom. The molecule has 1 aromatic heterocycles. The molecule has 1 heterocycles. The molecule has 2 aromatic carbocycles. The Hall–Kier alpha value is -2.39. The fraction of sp³-hybridized carbons (Fsp3) is 0.158. The molecule has 0 spiro atoms. The van der Waals surface area contributed by atoms with Crippen LogP contribution in [0.2, 0.25) is 0 Å². The SMILES string of the molecule is CCC.O=C(Cl)C(=O)c1c[nH]c2ccccc12.c1ccccc1. The van der Waals surface area contributed by atoms with Crippen LogP contribution < -0.4 is 0 Å². The molecule has 0 unspecified atom stereocenters. The van der Waals surface area contributed by atoms with Gasteiger partial charge in [-0.05, 0) is 17.7 Å². The summed E-state index contributed by atoms with van der Waals surface area (Å²) < 4.78 is 0. The third kappa shape index (κ3) is 6.09. The van der Waals surface area contributed by atoms with Crippen molar-refractivity contribution >= 4 is 33.5 Å². The average molecular weight is 330 g/mol. The number of carbonyl (C=O) groups is 2. The number of aromatic nitrogens is 1. The molecule has 0 bridgehead atoms. The quantitative estimate of drug-likeness (QED) is 0.398. The van der Waals surface area contributed by atoms with Crippen LogP contribution in [0.4, 0.5) is 0 Å². The number of carbonyl (C=O) groups excluding carboxylic acids is 2. The number of hydrogen-bond donors (Lipinski definition) is 1. The van der Waals surface area contributed by atoms with Crippen molar-refractivity contribution in [3.05, 3.63) is 72.4 Å². The van der Waals surface area contributed by atoms with Crippen LogP contribution in [0.3, 0.4) is 0 Å². The summed E-state index contributed by atoms with van der Waals surface area (Å²) >= 11 is 5.12. The van der Waals surface area contributed by atoms with Gasteiger partial charge in [0.05, 0.1) is 5.56 Å². The van der Waals surface area contributed by atoms with E-state index in [1.165, 1.54) is 12.6 Å². The first kappa shape index (κ1) is 18.7. The first-order valence-corrected chi connectivity index (χ1v) is 7.79. The number of hydrogen-bond acceptors (Lipinski definition) is 2. The van der Waals surface area contributed by atoms with E-state index in [0.29, 0.717) is 10.9 Å². The van der Waals surface area contributed by atoms with Crippen molar-refractivity contribution in [2.24, 2.45) is 0 Å². The van der Waals surface area contributed by atoms with Crippen LogP contribution in [0.1, 0.15) is 30.6 Å². The molecule has 0 aliphatic rings. The van der Waals surface area contributed by atoms with Crippen LogP contribution in [0.25, 0.3) is 10.9 Å². The Morgan fingerprint density at radius 1 is 0.913 bits per heavy atom. The van der Waals surface area contributed by atoms with E-state index < -0.39 is 11.0 Å². The van der Waals surface area contributed by atoms with Crippen LogP contribution in [0, 0.1) is 0 Å². The summed E-state index contributed by atoms with van der Waals surface area (Å²) in [5.41, 5.74) is 1.13. The zero-order valence-corrected chi connectivity index (χ0v) is 14.0. The zero-order valence-electron chi connectivity index (χ0n) is 13.3. The van der Waals surface area contributed by atoms with Crippen molar-refractivity contribution in [3.63, 3.8) is 0 Å². The summed E-state index contributed by atoms with van der Waals surface area (Å²) in [5, 5.41) is -0.249. The number of ketones is 1. The number of fused-ring (bicyclic) bond motifs is 1. The third-order valence-corrected chi connectivity index (χ3v) is 2.85. The summed E-state index contributed by atoms with van der Waals surface area (Å²) in [4.78, 5) is 24.9. The summed E-state index contributed by atoms with van der Waals surface area (Å²) in [5.74, 6) is -0.677. The molecule has 0 fully saturated rings. The molecule has 23 heavy (non-hydrogen) atoms. The van der Waals surface area contributed by atoms with Crippen LogP contribution in [0.5, 0.6) is 0 Å². The lowest BCUT2D eigenvalue weighted by atomic mass is 10.1. The van der Waals surface area contributed by atoms with Gasteiger partial charge in [0, 0.05) is 17.1 Å². The monoisotopic (exact) mass is 329 g/mol. The lowest BCUT2D eigenvalue weighted by Crippen LogP contribution is -2.06. The van der Waals surface area contributed by atoms with E-state index in [1.807, 2.05) is 48.5 Å². The molecule has 1 N–H and O–H groups in total. The minimum absolute atomic E-state index is 0.320. The van der Waals surface area contributed by atoms with Gasteiger partial charge in [-0.1, -0.05) is 74.9 Å². The highest BCUT2D eigenvalue weighted by Gasteiger charge is 2.17. The van der Waals surface area contributed by atoms with Gasteiger partial charge in [-0.15, -0.1) is 0 Å². The lowest BCUT2D eigenvalue weighted by Gasteiger charge is -1.91. The van der Waals surface area contributed by atoms with Crippen LogP contribution in [-0.4, -0.2) is 16.0 Å².